The molecule has 3 atom stereocenters. The molecule has 0 spiro atoms. The number of nitrogens with zero attached hydrogens (tertiary/aromatic N) is 1. The molecule has 108 valence electrons. The molecule has 2 aliphatic carbocycles. The number of carbonyl (C=O) groups excluding carboxylic acids is 1. The fraction of sp³-hybridized carbons (Fsp3) is 0.647. The van der Waals surface area contributed by atoms with E-state index < -0.39 is 0 Å². The van der Waals surface area contributed by atoms with Crippen molar-refractivity contribution >= 4 is 5.97 Å². The van der Waals surface area contributed by atoms with Crippen LogP contribution in [0.2, 0.25) is 0 Å². The number of aromatic nitrogens is 1. The van der Waals surface area contributed by atoms with Crippen LogP contribution in [0.3, 0.4) is 0 Å². The summed E-state index contributed by atoms with van der Waals surface area (Å²) in [5.74, 6) is 0.410. The minimum Gasteiger partial charge on any atom is -0.457 e. The Balaban J connectivity index is 1.81. The monoisotopic (exact) mass is 273 g/mol. The van der Waals surface area contributed by atoms with Gasteiger partial charge in [-0.3, -0.25) is 0 Å². The zero-order chi connectivity index (χ0) is 14.5. The second-order valence-corrected chi connectivity index (χ2v) is 7.17. The first-order valence-corrected chi connectivity index (χ1v) is 7.49. The first-order chi connectivity index (χ1) is 9.36. The van der Waals surface area contributed by atoms with Gasteiger partial charge < -0.3 is 4.74 Å². The number of carbonyl (C=O) groups is 1. The van der Waals surface area contributed by atoms with Gasteiger partial charge in [0.15, 0.2) is 5.69 Å². The maximum absolute atomic E-state index is 12.4. The number of hydrogen-bond donors (Lipinski definition) is 0. The van der Waals surface area contributed by atoms with E-state index in [1.165, 1.54) is 6.42 Å². The highest BCUT2D eigenvalue weighted by Crippen LogP contribution is 2.66. The third-order valence-corrected chi connectivity index (χ3v) is 6.17. The van der Waals surface area contributed by atoms with Gasteiger partial charge >= 0.3 is 5.97 Å². The Hall–Kier alpha value is -1.38. The van der Waals surface area contributed by atoms with Crippen LogP contribution in [0, 0.1) is 23.7 Å². The molecule has 1 aromatic heterocycles. The topological polar surface area (TPSA) is 39.2 Å². The van der Waals surface area contributed by atoms with Crippen molar-refractivity contribution in [1.82, 2.24) is 4.98 Å². The minimum atomic E-state index is -0.266. The molecule has 0 saturated heterocycles. The number of ether oxygens (including phenoxy) is 1. The van der Waals surface area contributed by atoms with Gasteiger partial charge in [-0.15, -0.1) is 0 Å². The highest BCUT2D eigenvalue weighted by molar-refractivity contribution is 5.88. The fourth-order valence-corrected chi connectivity index (χ4v) is 4.19. The second kappa shape index (κ2) is 4.31. The molecule has 2 bridgehead atoms. The van der Waals surface area contributed by atoms with Crippen LogP contribution in [0.4, 0.5) is 0 Å². The van der Waals surface area contributed by atoms with E-state index in [0.29, 0.717) is 11.6 Å². The van der Waals surface area contributed by atoms with Gasteiger partial charge in [0.05, 0.1) is 0 Å². The molecule has 0 aliphatic heterocycles. The highest BCUT2D eigenvalue weighted by atomic mass is 16.5. The predicted molar refractivity (Wildman–Crippen MR) is 77.4 cm³/mol. The quantitative estimate of drug-likeness (QED) is 0.770. The molecule has 3 unspecified atom stereocenters. The van der Waals surface area contributed by atoms with Gasteiger partial charge in [0.2, 0.25) is 0 Å². The Labute approximate surface area is 120 Å². The van der Waals surface area contributed by atoms with Gasteiger partial charge in [-0.2, -0.15) is 0 Å². The number of pyridine rings is 1. The van der Waals surface area contributed by atoms with E-state index >= 15 is 0 Å². The molecule has 0 N–H and O–H groups in total. The first-order valence-electron chi connectivity index (χ1n) is 7.49. The summed E-state index contributed by atoms with van der Waals surface area (Å²) in [5, 5.41) is 0. The molecule has 1 aromatic rings. The van der Waals surface area contributed by atoms with E-state index in [9.17, 15) is 4.79 Å². The van der Waals surface area contributed by atoms with Crippen LogP contribution in [-0.2, 0) is 4.74 Å². The number of hydrogen-bond acceptors (Lipinski definition) is 3. The molecule has 3 rings (SSSR count). The average Bonchev–Trinajstić information content (AvgIpc) is 2.72. The number of fused-ring (bicyclic) bond motifs is 2. The maximum atomic E-state index is 12.4. The lowest BCUT2D eigenvalue weighted by Crippen LogP contribution is -2.38. The third-order valence-electron chi connectivity index (χ3n) is 6.17. The lowest BCUT2D eigenvalue weighted by atomic mass is 9.70. The molecule has 3 nitrogen and oxygen atoms in total. The number of rotatable bonds is 2. The van der Waals surface area contributed by atoms with E-state index in [2.05, 4.69) is 25.8 Å². The van der Waals surface area contributed by atoms with Crippen LogP contribution in [0.1, 0.15) is 56.1 Å². The Morgan fingerprint density at radius 3 is 2.70 bits per heavy atom. The van der Waals surface area contributed by atoms with Crippen LogP contribution < -0.4 is 0 Å². The zero-order valence-electron chi connectivity index (χ0n) is 12.8. The maximum Gasteiger partial charge on any atom is 0.357 e. The molecule has 0 radical (unpaired) electrons. The predicted octanol–water partition coefficient (Wildman–Crippen LogP) is 3.76. The van der Waals surface area contributed by atoms with Gasteiger partial charge in [0.1, 0.15) is 6.10 Å². The summed E-state index contributed by atoms with van der Waals surface area (Å²) in [4.78, 5) is 16.5. The van der Waals surface area contributed by atoms with Crippen molar-refractivity contribution in [2.45, 2.75) is 53.1 Å². The Morgan fingerprint density at radius 2 is 2.15 bits per heavy atom. The standard InChI is InChI=1S/C17H23NO2/c1-11-6-5-9-18-14(11)15(19)20-13-10-12-7-8-17(13,4)16(12,2)3/h5-6,9,12-13H,7-8,10H2,1-4H3. The van der Waals surface area contributed by atoms with Crippen molar-refractivity contribution in [3.05, 3.63) is 29.6 Å². The number of esters is 1. The van der Waals surface area contributed by atoms with Crippen molar-refractivity contribution in [2.75, 3.05) is 0 Å². The Bertz CT molecular complexity index is 552. The van der Waals surface area contributed by atoms with Crippen molar-refractivity contribution in [2.24, 2.45) is 16.7 Å². The lowest BCUT2D eigenvalue weighted by molar-refractivity contribution is -0.0247. The first kappa shape index (κ1) is 13.6. The largest absolute Gasteiger partial charge is 0.457 e. The molecule has 2 saturated carbocycles. The summed E-state index contributed by atoms with van der Waals surface area (Å²) in [7, 11) is 0. The van der Waals surface area contributed by atoms with Crippen LogP contribution in [-0.4, -0.2) is 17.1 Å². The summed E-state index contributed by atoms with van der Waals surface area (Å²) < 4.78 is 5.85. The van der Waals surface area contributed by atoms with Crippen LogP contribution in [0.15, 0.2) is 18.3 Å². The molecule has 0 amide bonds. The molecular formula is C17H23NO2. The van der Waals surface area contributed by atoms with Gasteiger partial charge in [0.25, 0.3) is 0 Å². The van der Waals surface area contributed by atoms with Crippen LogP contribution >= 0.6 is 0 Å². The second-order valence-electron chi connectivity index (χ2n) is 7.17. The van der Waals surface area contributed by atoms with Gasteiger partial charge in [0, 0.05) is 11.6 Å². The summed E-state index contributed by atoms with van der Waals surface area (Å²) in [6, 6.07) is 3.74. The Kier molecular flexibility index (Phi) is 2.93. The normalized spacial score (nSPS) is 34.2. The van der Waals surface area contributed by atoms with E-state index in [1.54, 1.807) is 6.20 Å². The zero-order valence-corrected chi connectivity index (χ0v) is 12.8. The summed E-state index contributed by atoms with van der Waals surface area (Å²) >= 11 is 0. The van der Waals surface area contributed by atoms with E-state index in [4.69, 9.17) is 4.74 Å². The van der Waals surface area contributed by atoms with Gasteiger partial charge in [-0.05, 0) is 49.1 Å². The van der Waals surface area contributed by atoms with E-state index in [1.807, 2.05) is 19.1 Å². The molecular weight excluding hydrogens is 250 g/mol. The average molecular weight is 273 g/mol. The van der Waals surface area contributed by atoms with Crippen molar-refractivity contribution in [1.29, 1.82) is 0 Å². The molecule has 20 heavy (non-hydrogen) atoms. The van der Waals surface area contributed by atoms with E-state index in [0.717, 1.165) is 18.4 Å². The van der Waals surface area contributed by atoms with Gasteiger partial charge in [-0.1, -0.05) is 26.8 Å². The third kappa shape index (κ3) is 1.72. The van der Waals surface area contributed by atoms with Crippen molar-refractivity contribution in [3.8, 4) is 0 Å². The molecule has 2 aliphatic rings. The van der Waals surface area contributed by atoms with E-state index in [-0.39, 0.29) is 22.9 Å². The summed E-state index contributed by atoms with van der Waals surface area (Å²) in [6.07, 6.45) is 5.10. The SMILES string of the molecule is Cc1cccnc1C(=O)OC1CC2CCC1(C)C2(C)C. The molecule has 3 heteroatoms. The highest BCUT2D eigenvalue weighted by Gasteiger charge is 2.62. The van der Waals surface area contributed by atoms with Crippen LogP contribution in [0.5, 0.6) is 0 Å². The Morgan fingerprint density at radius 1 is 1.40 bits per heavy atom. The fourth-order valence-electron chi connectivity index (χ4n) is 4.19. The molecule has 1 heterocycles. The molecule has 2 fully saturated rings. The lowest BCUT2D eigenvalue weighted by Gasteiger charge is -2.38. The number of aryl methyl sites for hydroxylation is 1. The van der Waals surface area contributed by atoms with Crippen LogP contribution in [0.25, 0.3) is 0 Å². The molecule has 0 aromatic carbocycles. The summed E-state index contributed by atoms with van der Waals surface area (Å²) in [5.41, 5.74) is 1.70. The van der Waals surface area contributed by atoms with Crippen molar-refractivity contribution < 1.29 is 9.53 Å². The minimum absolute atomic E-state index is 0.0326. The smallest absolute Gasteiger partial charge is 0.357 e. The van der Waals surface area contributed by atoms with Gasteiger partial charge in [-0.25, -0.2) is 9.78 Å². The summed E-state index contributed by atoms with van der Waals surface area (Å²) in [6.45, 7) is 8.83. The van der Waals surface area contributed by atoms with Crippen molar-refractivity contribution in [3.63, 3.8) is 0 Å².